The van der Waals surface area contributed by atoms with Gasteiger partial charge in [-0.05, 0) is 50.3 Å². The van der Waals surface area contributed by atoms with Crippen LogP contribution in [0, 0.1) is 11.3 Å². The molecule has 0 unspecified atom stereocenters. The normalized spacial score (nSPS) is 13.2. The third kappa shape index (κ3) is 26.1. The fourth-order valence-corrected chi connectivity index (χ4v) is 6.65. The Morgan fingerprint density at radius 2 is 1.18 bits per heavy atom. The summed E-state index contributed by atoms with van der Waals surface area (Å²) in [6.45, 7) is 18.5. The molecule has 0 radical (unpaired) electrons. The van der Waals surface area contributed by atoms with E-state index in [9.17, 15) is 38.4 Å². The average molecular weight is 1020 g/mol. The minimum absolute atomic E-state index is 0.00300. The van der Waals surface area contributed by atoms with Crippen LogP contribution in [-0.2, 0) is 68.5 Å². The number of hydrogen-bond donors (Lipinski definition) is 5. The van der Waals surface area contributed by atoms with Gasteiger partial charge in [0.25, 0.3) is 11.8 Å². The molecule has 0 spiro atoms. The lowest BCUT2D eigenvalue weighted by Crippen LogP contribution is -2.54. The predicted octanol–water partition coefficient (Wildman–Crippen LogP) is 1.97. The zero-order chi connectivity index (χ0) is 53.3. The number of hydrogen-bond acceptors (Lipinski definition) is 15. The minimum Gasteiger partial charge on any atom is -0.445 e. The lowest BCUT2D eigenvalue weighted by Gasteiger charge is -2.30. The molecule has 72 heavy (non-hydrogen) atoms. The molecule has 0 aromatic heterocycles. The van der Waals surface area contributed by atoms with Gasteiger partial charge in [0.1, 0.15) is 18.7 Å². The van der Waals surface area contributed by atoms with Crippen LogP contribution in [0.4, 0.5) is 15.3 Å². The number of carbonyl (C=O) groups is 8. The second kappa shape index (κ2) is 35.4. The molecule has 1 aliphatic rings. The van der Waals surface area contributed by atoms with Crippen molar-refractivity contribution in [3.63, 3.8) is 0 Å². The quantitative estimate of drug-likeness (QED) is 0.0468. The first-order valence-electron chi connectivity index (χ1n) is 24.6. The van der Waals surface area contributed by atoms with Gasteiger partial charge in [-0.3, -0.25) is 33.7 Å². The van der Waals surface area contributed by atoms with Gasteiger partial charge in [0.15, 0.2) is 0 Å². The topological polar surface area (TPSA) is 285 Å². The van der Waals surface area contributed by atoms with Crippen LogP contribution in [0.3, 0.4) is 0 Å². The van der Waals surface area contributed by atoms with E-state index in [2.05, 4.69) is 21.3 Å². The van der Waals surface area contributed by atoms with Crippen LogP contribution in [0.5, 0.6) is 0 Å². The van der Waals surface area contributed by atoms with Gasteiger partial charge in [-0.15, -0.1) is 0 Å². The molecular formula is C49H80N8O15. The molecule has 406 valence electrons. The highest BCUT2D eigenvalue weighted by Gasteiger charge is 2.30. The van der Waals surface area contributed by atoms with Gasteiger partial charge in [0.2, 0.25) is 23.6 Å². The van der Waals surface area contributed by atoms with Crippen molar-refractivity contribution < 1.29 is 71.5 Å². The summed E-state index contributed by atoms with van der Waals surface area (Å²) in [5.74, 6) is -2.52. The highest BCUT2D eigenvalue weighted by Crippen LogP contribution is 2.18. The lowest BCUT2D eigenvalue weighted by molar-refractivity contribution is -0.139. The van der Waals surface area contributed by atoms with E-state index in [0.29, 0.717) is 96.7 Å². The Bertz CT molecular complexity index is 1840. The number of anilines is 1. The zero-order valence-corrected chi connectivity index (χ0v) is 43.3. The van der Waals surface area contributed by atoms with Crippen LogP contribution < -0.4 is 27.0 Å². The number of nitrogens with two attached hydrogens (primary N) is 1. The molecule has 1 heterocycles. The van der Waals surface area contributed by atoms with Crippen molar-refractivity contribution >= 4 is 53.3 Å². The Hall–Kier alpha value is -5.72. The number of amides is 9. The van der Waals surface area contributed by atoms with Crippen LogP contribution in [0.2, 0.25) is 0 Å². The number of benzene rings is 1. The number of nitrogens with zero attached hydrogens (tertiary/aromatic N) is 3. The van der Waals surface area contributed by atoms with Gasteiger partial charge in [-0.1, -0.05) is 46.8 Å². The smallest absolute Gasteiger partial charge is 0.410 e. The van der Waals surface area contributed by atoms with Crippen molar-refractivity contribution in [2.75, 3.05) is 124 Å². The fraction of sp³-hybridized carbons (Fsp3) is 0.673. The number of urea groups is 1. The Morgan fingerprint density at radius 1 is 0.681 bits per heavy atom. The molecule has 2 rings (SSSR count). The van der Waals surface area contributed by atoms with Crippen LogP contribution in [0.25, 0.3) is 0 Å². The van der Waals surface area contributed by atoms with E-state index in [1.165, 1.54) is 17.1 Å². The summed E-state index contributed by atoms with van der Waals surface area (Å²) in [6.07, 6.45) is 2.37. The van der Waals surface area contributed by atoms with Crippen molar-refractivity contribution in [3.8, 4) is 0 Å². The predicted molar refractivity (Wildman–Crippen MR) is 265 cm³/mol. The second-order valence-corrected chi connectivity index (χ2v) is 17.8. The number of likely N-dealkylation sites (N-methyl/N-ethyl adjacent to an activating group) is 2. The monoisotopic (exact) mass is 1020 g/mol. The molecule has 9 amide bonds. The maximum absolute atomic E-state index is 13.6. The summed E-state index contributed by atoms with van der Waals surface area (Å²) >= 11 is 0. The van der Waals surface area contributed by atoms with E-state index in [4.69, 9.17) is 38.9 Å². The molecule has 0 aliphatic carbocycles. The Balaban J connectivity index is 1.68. The molecular weight excluding hydrogens is 941 g/mol. The molecule has 1 aromatic carbocycles. The highest BCUT2D eigenvalue weighted by atomic mass is 16.6. The third-order valence-electron chi connectivity index (χ3n) is 10.7. The van der Waals surface area contributed by atoms with Gasteiger partial charge in [-0.25, -0.2) is 9.59 Å². The van der Waals surface area contributed by atoms with Gasteiger partial charge in [0.05, 0.1) is 85.8 Å². The van der Waals surface area contributed by atoms with Crippen LogP contribution in [0.15, 0.2) is 36.4 Å². The maximum Gasteiger partial charge on any atom is 0.410 e. The highest BCUT2D eigenvalue weighted by molar-refractivity contribution is 6.12. The summed E-state index contributed by atoms with van der Waals surface area (Å²) in [5.41, 5.74) is 5.75. The molecule has 1 aliphatic heterocycles. The molecule has 0 bridgehead atoms. The average Bonchev–Trinajstić information content (AvgIpc) is 3.66. The fourth-order valence-electron chi connectivity index (χ4n) is 6.65. The largest absolute Gasteiger partial charge is 0.445 e. The van der Waals surface area contributed by atoms with E-state index in [1.54, 1.807) is 43.0 Å². The van der Waals surface area contributed by atoms with Crippen LogP contribution in [0.1, 0.15) is 73.3 Å². The summed E-state index contributed by atoms with van der Waals surface area (Å²) in [6, 6.07) is 3.93. The van der Waals surface area contributed by atoms with Crippen molar-refractivity contribution in [3.05, 3.63) is 42.0 Å². The SMILES string of the molecule is CCN(CCN(CC)C(=O)C(C)(C)C)C(=O)OCc1ccc(NC(=O)[C@H](CCCNC(N)=O)NC(=O)[C@@H](NC(=O)CCOCCOCCOCCOCCOCCOCCN2C(=O)C=CC2=O)C(C)C)cc1. The second-order valence-electron chi connectivity index (χ2n) is 17.8. The molecule has 0 saturated heterocycles. The Morgan fingerprint density at radius 3 is 1.67 bits per heavy atom. The number of imide groups is 1. The lowest BCUT2D eigenvalue weighted by atomic mass is 9.95. The van der Waals surface area contributed by atoms with Crippen LogP contribution >= 0.6 is 0 Å². The summed E-state index contributed by atoms with van der Waals surface area (Å²) in [7, 11) is 0. The summed E-state index contributed by atoms with van der Waals surface area (Å²) < 4.78 is 38.3. The Labute approximate surface area is 423 Å². The molecule has 2 atom stereocenters. The van der Waals surface area contributed by atoms with Crippen molar-refractivity contribution in [1.29, 1.82) is 0 Å². The first-order chi connectivity index (χ1) is 34.4. The zero-order valence-electron chi connectivity index (χ0n) is 43.3. The standard InChI is InChI=1S/C49H80N8O15/c1-8-55(46(63)49(5,6)7)20-21-56(9-2)48(65)72-35-37-12-14-38(15-13-37)52-44(61)39(11-10-19-51-47(50)64)53-45(62)43(36(3)4)54-40(58)18-23-66-25-27-68-29-31-70-33-34-71-32-30-69-28-26-67-24-22-57-41(59)16-17-42(57)60/h12-17,36,39,43H,8-11,18-35H2,1-7H3,(H,52,61)(H,53,62)(H,54,58)(H3,50,51,64)/t39-,43-/m0/s1. The van der Waals surface area contributed by atoms with E-state index >= 15 is 0 Å². The first-order valence-corrected chi connectivity index (χ1v) is 24.6. The van der Waals surface area contributed by atoms with Crippen molar-refractivity contribution in [1.82, 2.24) is 30.7 Å². The first kappa shape index (κ1) is 62.4. The molecule has 0 saturated carbocycles. The summed E-state index contributed by atoms with van der Waals surface area (Å²) in [4.78, 5) is 104. The van der Waals surface area contributed by atoms with E-state index in [1.807, 2.05) is 34.6 Å². The number of carbonyl (C=O) groups excluding carboxylic acids is 8. The van der Waals surface area contributed by atoms with E-state index in [0.717, 1.165) is 4.90 Å². The molecule has 23 heteroatoms. The molecule has 6 N–H and O–H groups in total. The van der Waals surface area contributed by atoms with Gasteiger partial charge < -0.3 is 70.0 Å². The molecule has 0 fully saturated rings. The number of nitrogens with one attached hydrogen (secondary N) is 4. The molecule has 1 aromatic rings. The number of ether oxygens (including phenoxy) is 7. The third-order valence-corrected chi connectivity index (χ3v) is 10.7. The van der Waals surface area contributed by atoms with Crippen LogP contribution in [-0.4, -0.2) is 193 Å². The number of primary amides is 1. The van der Waals surface area contributed by atoms with Crippen molar-refractivity contribution in [2.45, 2.75) is 86.4 Å². The van der Waals surface area contributed by atoms with Gasteiger partial charge >= 0.3 is 12.1 Å². The van der Waals surface area contributed by atoms with E-state index in [-0.39, 0.29) is 82.6 Å². The molecule has 23 nitrogen and oxygen atoms in total. The maximum atomic E-state index is 13.6. The van der Waals surface area contributed by atoms with E-state index < -0.39 is 47.3 Å². The Kier molecular flexibility index (Phi) is 30.7. The van der Waals surface area contributed by atoms with Gasteiger partial charge in [-0.2, -0.15) is 0 Å². The summed E-state index contributed by atoms with van der Waals surface area (Å²) in [5, 5.41) is 10.8. The minimum atomic E-state index is -1.04. The van der Waals surface area contributed by atoms with Gasteiger partial charge in [0, 0.05) is 62.4 Å². The van der Waals surface area contributed by atoms with Crippen molar-refractivity contribution in [2.24, 2.45) is 17.1 Å². The number of rotatable bonds is 38.